The van der Waals surface area contributed by atoms with Crippen LogP contribution in [-0.4, -0.2) is 35.4 Å². The molecule has 2 rings (SSSR count). The van der Waals surface area contributed by atoms with E-state index >= 15 is 0 Å². The minimum absolute atomic E-state index is 0.115. The molecule has 1 unspecified atom stereocenters. The number of hydrogen-bond acceptors (Lipinski definition) is 6. The molecule has 1 aromatic carbocycles. The maximum absolute atomic E-state index is 13.0. The molecule has 0 aromatic heterocycles. The summed E-state index contributed by atoms with van der Waals surface area (Å²) in [5, 5.41) is 19.9. The Kier molecular flexibility index (Phi) is 9.79. The summed E-state index contributed by atoms with van der Waals surface area (Å²) >= 11 is 0. The van der Waals surface area contributed by atoms with Crippen LogP contribution in [0.15, 0.2) is 29.4 Å². The first-order chi connectivity index (χ1) is 15.2. The highest BCUT2D eigenvalue weighted by molar-refractivity contribution is 5.96. The van der Waals surface area contributed by atoms with E-state index in [-0.39, 0.29) is 12.4 Å². The van der Waals surface area contributed by atoms with E-state index in [2.05, 4.69) is 39.8 Å². The fourth-order valence-corrected chi connectivity index (χ4v) is 3.77. The van der Waals surface area contributed by atoms with Crippen molar-refractivity contribution in [3.05, 3.63) is 46.1 Å². The van der Waals surface area contributed by atoms with Crippen LogP contribution in [0.5, 0.6) is 11.5 Å². The molecular weight excluding hydrogens is 408 g/mol. The third-order valence-corrected chi connectivity index (χ3v) is 5.52. The number of aryl methyl sites for hydroxylation is 1. The predicted molar refractivity (Wildman–Crippen MR) is 125 cm³/mol. The van der Waals surface area contributed by atoms with Crippen LogP contribution in [0.25, 0.3) is 0 Å². The number of aliphatic hydroxyl groups is 1. The standard InChI is InChI=1S/C26H38O6/c1-6-7-8-12-20-15-22(28)21(14-13-19(4)11-9-10-18(2)3)24-23(20)25(29)32-26(5,31-24)16-30-17-27/h10,13,15,27-28H,6-9,11-12,14,16-17H2,1-5H3/b19-13+. The number of phenols is 1. The van der Waals surface area contributed by atoms with E-state index in [1.165, 1.54) is 11.1 Å². The van der Waals surface area contributed by atoms with E-state index in [0.717, 1.165) is 37.7 Å². The van der Waals surface area contributed by atoms with Crippen LogP contribution in [0.3, 0.4) is 0 Å². The molecule has 0 spiro atoms. The molecule has 0 saturated heterocycles. The largest absolute Gasteiger partial charge is 0.508 e. The molecule has 1 aliphatic heterocycles. The lowest BCUT2D eigenvalue weighted by molar-refractivity contribution is -0.190. The van der Waals surface area contributed by atoms with Crippen molar-refractivity contribution in [2.75, 3.05) is 13.4 Å². The first-order valence-electron chi connectivity index (χ1n) is 11.5. The number of phenolic OH excluding ortho intramolecular Hbond substituents is 1. The van der Waals surface area contributed by atoms with Gasteiger partial charge in [-0.05, 0) is 64.5 Å². The Balaban J connectivity index is 2.40. The Morgan fingerprint density at radius 3 is 2.59 bits per heavy atom. The summed E-state index contributed by atoms with van der Waals surface area (Å²) in [5.74, 6) is -1.40. The van der Waals surface area contributed by atoms with Crippen molar-refractivity contribution >= 4 is 5.97 Å². The smallest absolute Gasteiger partial charge is 0.345 e. The van der Waals surface area contributed by atoms with Gasteiger partial charge in [-0.25, -0.2) is 4.79 Å². The lowest BCUT2D eigenvalue weighted by Gasteiger charge is -2.36. The number of rotatable bonds is 12. The number of esters is 1. The Morgan fingerprint density at radius 1 is 1.19 bits per heavy atom. The van der Waals surface area contributed by atoms with Gasteiger partial charge in [0, 0.05) is 12.5 Å². The van der Waals surface area contributed by atoms with Crippen LogP contribution in [0.4, 0.5) is 0 Å². The Morgan fingerprint density at radius 2 is 1.94 bits per heavy atom. The van der Waals surface area contributed by atoms with Crippen molar-refractivity contribution in [2.24, 2.45) is 0 Å². The average molecular weight is 447 g/mol. The molecule has 2 N–H and O–H groups in total. The van der Waals surface area contributed by atoms with Crippen molar-refractivity contribution in [3.63, 3.8) is 0 Å². The second-order valence-corrected chi connectivity index (χ2v) is 8.87. The first kappa shape index (κ1) is 25.9. The molecule has 0 radical (unpaired) electrons. The monoisotopic (exact) mass is 446 g/mol. The minimum atomic E-state index is -1.38. The van der Waals surface area contributed by atoms with E-state index < -0.39 is 18.5 Å². The number of cyclic esters (lactones) is 1. The Hall–Kier alpha value is -2.31. The third-order valence-electron chi connectivity index (χ3n) is 5.52. The number of benzene rings is 1. The number of carbonyl (C=O) groups excluding carboxylic acids is 1. The number of unbranched alkanes of at least 4 members (excludes halogenated alkanes) is 2. The molecule has 1 atom stereocenters. The number of fused-ring (bicyclic) bond motifs is 1. The van der Waals surface area contributed by atoms with Crippen LogP contribution < -0.4 is 4.74 Å². The first-order valence-corrected chi connectivity index (χ1v) is 11.5. The molecule has 0 amide bonds. The van der Waals surface area contributed by atoms with Crippen LogP contribution in [0.2, 0.25) is 0 Å². The minimum Gasteiger partial charge on any atom is -0.508 e. The van der Waals surface area contributed by atoms with Crippen LogP contribution in [0.1, 0.15) is 88.2 Å². The van der Waals surface area contributed by atoms with Gasteiger partial charge in [0.25, 0.3) is 5.79 Å². The van der Waals surface area contributed by atoms with E-state index in [1.807, 2.05) is 0 Å². The number of carbonyl (C=O) groups is 1. The molecule has 0 saturated carbocycles. The SMILES string of the molecule is CCCCCc1cc(O)c(C/C=C(\C)CCC=C(C)C)c2c1C(=O)OC(C)(COCO)O2. The van der Waals surface area contributed by atoms with E-state index in [1.54, 1.807) is 13.0 Å². The lowest BCUT2D eigenvalue weighted by Crippen LogP contribution is -2.46. The van der Waals surface area contributed by atoms with Crippen LogP contribution in [0, 0.1) is 0 Å². The highest BCUT2D eigenvalue weighted by Crippen LogP contribution is 2.42. The highest BCUT2D eigenvalue weighted by atomic mass is 16.7. The van der Waals surface area contributed by atoms with Gasteiger partial charge in [-0.3, -0.25) is 0 Å². The van der Waals surface area contributed by atoms with E-state index in [4.69, 9.17) is 19.3 Å². The summed E-state index contributed by atoms with van der Waals surface area (Å²) in [5.41, 5.74) is 4.17. The summed E-state index contributed by atoms with van der Waals surface area (Å²) in [6.07, 6.45) is 10.2. The summed E-state index contributed by atoms with van der Waals surface area (Å²) in [6.45, 7) is 9.31. The molecule has 1 aliphatic rings. The second-order valence-electron chi connectivity index (χ2n) is 8.87. The molecule has 0 bridgehead atoms. The van der Waals surface area contributed by atoms with Crippen molar-refractivity contribution < 1.29 is 29.2 Å². The zero-order valence-corrected chi connectivity index (χ0v) is 20.1. The van der Waals surface area contributed by atoms with Gasteiger partial charge in [-0.15, -0.1) is 0 Å². The van der Waals surface area contributed by atoms with Gasteiger partial charge < -0.3 is 24.4 Å². The summed E-state index contributed by atoms with van der Waals surface area (Å²) < 4.78 is 16.7. The van der Waals surface area contributed by atoms with E-state index in [0.29, 0.717) is 29.7 Å². The van der Waals surface area contributed by atoms with Crippen LogP contribution >= 0.6 is 0 Å². The van der Waals surface area contributed by atoms with Gasteiger partial charge in [0.1, 0.15) is 30.5 Å². The number of hydrogen-bond donors (Lipinski definition) is 2. The average Bonchev–Trinajstić information content (AvgIpc) is 2.71. The highest BCUT2D eigenvalue weighted by Gasteiger charge is 2.41. The summed E-state index contributed by atoms with van der Waals surface area (Å²) in [4.78, 5) is 13.0. The predicted octanol–water partition coefficient (Wildman–Crippen LogP) is 5.59. The molecule has 32 heavy (non-hydrogen) atoms. The Bertz CT molecular complexity index is 850. The molecule has 178 valence electrons. The molecule has 6 nitrogen and oxygen atoms in total. The van der Waals surface area contributed by atoms with Crippen molar-refractivity contribution in [1.82, 2.24) is 0 Å². The molecule has 0 aliphatic carbocycles. The third kappa shape index (κ3) is 7.10. The maximum Gasteiger partial charge on any atom is 0.345 e. The second kappa shape index (κ2) is 12.1. The van der Waals surface area contributed by atoms with Crippen LogP contribution in [-0.2, 0) is 22.3 Å². The van der Waals surface area contributed by atoms with E-state index in [9.17, 15) is 9.90 Å². The van der Waals surface area contributed by atoms with Crippen molar-refractivity contribution in [3.8, 4) is 11.5 Å². The van der Waals surface area contributed by atoms with Gasteiger partial charge in [-0.2, -0.15) is 0 Å². The number of allylic oxidation sites excluding steroid dienone is 4. The van der Waals surface area contributed by atoms with Gasteiger partial charge in [0.15, 0.2) is 0 Å². The summed E-state index contributed by atoms with van der Waals surface area (Å²) in [6, 6.07) is 1.67. The molecule has 0 fully saturated rings. The molecule has 6 heteroatoms. The molecule has 1 heterocycles. The van der Waals surface area contributed by atoms with Gasteiger partial charge in [-0.1, -0.05) is 43.1 Å². The number of ether oxygens (including phenoxy) is 3. The Labute approximate surface area is 191 Å². The fourth-order valence-electron chi connectivity index (χ4n) is 3.77. The lowest BCUT2D eigenvalue weighted by atomic mass is 9.93. The molecular formula is C26H38O6. The normalized spacial score (nSPS) is 18.1. The van der Waals surface area contributed by atoms with Crippen molar-refractivity contribution in [1.29, 1.82) is 0 Å². The number of aromatic hydroxyl groups is 1. The maximum atomic E-state index is 13.0. The fraction of sp³-hybridized carbons (Fsp3) is 0.577. The van der Waals surface area contributed by atoms with Crippen molar-refractivity contribution in [2.45, 2.75) is 85.4 Å². The zero-order valence-electron chi connectivity index (χ0n) is 20.1. The van der Waals surface area contributed by atoms with Gasteiger partial charge in [0.05, 0.1) is 0 Å². The van der Waals surface area contributed by atoms with Gasteiger partial charge >= 0.3 is 5.97 Å². The number of aliphatic hydroxyl groups excluding tert-OH is 1. The zero-order chi connectivity index (χ0) is 23.7. The molecule has 1 aromatic rings. The summed E-state index contributed by atoms with van der Waals surface area (Å²) in [7, 11) is 0. The quantitative estimate of drug-likeness (QED) is 0.188. The van der Waals surface area contributed by atoms with Gasteiger partial charge in [0.2, 0.25) is 0 Å². The topological polar surface area (TPSA) is 85.2 Å².